The summed E-state index contributed by atoms with van der Waals surface area (Å²) in [5.74, 6) is 0. The summed E-state index contributed by atoms with van der Waals surface area (Å²) in [6.45, 7) is 5.81. The molecule has 33 heavy (non-hydrogen) atoms. The van der Waals surface area contributed by atoms with Crippen molar-refractivity contribution in [2.45, 2.75) is 6.18 Å². The smallest absolute Gasteiger partial charge is 0.433 e. The van der Waals surface area contributed by atoms with Crippen molar-refractivity contribution in [3.05, 3.63) is 127 Å². The minimum absolute atomic E-state index is 0. The zero-order valence-corrected chi connectivity index (χ0v) is 20.6. The van der Waals surface area contributed by atoms with E-state index in [2.05, 4.69) is 109 Å². The summed E-state index contributed by atoms with van der Waals surface area (Å²) in [6.07, 6.45) is -1.79. The monoisotopic (exact) mass is 529 g/mol. The first kappa shape index (κ1) is 26.5. The summed E-state index contributed by atoms with van der Waals surface area (Å²) >= 11 is 0. The molecule has 6 heteroatoms. The third-order valence-corrected chi connectivity index (χ3v) is 9.12. The maximum Gasteiger partial charge on any atom is 0.433 e. The van der Waals surface area contributed by atoms with Crippen LogP contribution < -0.4 is 32.9 Å². The van der Waals surface area contributed by atoms with E-state index < -0.39 is 19.1 Å². The number of rotatable bonds is 4. The van der Waals surface area contributed by atoms with E-state index in [1.165, 1.54) is 28.1 Å². The van der Waals surface area contributed by atoms with Crippen molar-refractivity contribution in [3.63, 3.8) is 0 Å². The summed E-state index contributed by atoms with van der Waals surface area (Å²) in [6, 6.07) is 34.9. The van der Waals surface area contributed by atoms with Gasteiger partial charge in [-0.2, -0.15) is 13.2 Å². The first-order valence-electron chi connectivity index (χ1n) is 10.0. The molecule has 0 bridgehead atoms. The number of alkyl halides is 3. The fourth-order valence-electron chi connectivity index (χ4n) is 3.32. The number of benzene rings is 3. The van der Waals surface area contributed by atoms with Crippen LogP contribution in [-0.2, 0) is 6.18 Å². The third kappa shape index (κ3) is 6.63. The van der Waals surface area contributed by atoms with E-state index in [4.69, 9.17) is 0 Å². The Balaban J connectivity index is 0.000000257. The fourth-order valence-corrected chi connectivity index (χ4v) is 6.52. The molecule has 0 aliphatic carbocycles. The molecule has 170 valence electrons. The molecule has 4 aromatic rings. The van der Waals surface area contributed by atoms with Crippen molar-refractivity contribution >= 4 is 29.3 Å². The standard InChI is InChI=1S/C19H18P.C8H6F3N.BrH/c1-20(17-11-5-2-6-12-17,18-13-7-3-8-14-18)19-15-9-4-10-16-19;1-2-6-3-4-7(12-5-6)8(9,10)11;/h2-16H,1H3;2-5H,1H2;1H/q+1;;/p-1. The van der Waals surface area contributed by atoms with E-state index >= 15 is 0 Å². The van der Waals surface area contributed by atoms with Crippen LogP contribution in [0.1, 0.15) is 11.3 Å². The van der Waals surface area contributed by atoms with Crippen LogP contribution in [0.2, 0.25) is 0 Å². The molecule has 0 unspecified atom stereocenters. The first-order valence-corrected chi connectivity index (χ1v) is 12.3. The van der Waals surface area contributed by atoms with Gasteiger partial charge >= 0.3 is 6.18 Å². The largest absolute Gasteiger partial charge is 1.00 e. The Morgan fingerprint density at radius 1 is 0.697 bits per heavy atom. The van der Waals surface area contributed by atoms with Gasteiger partial charge in [-0.3, -0.25) is 4.98 Å². The van der Waals surface area contributed by atoms with Gasteiger partial charge in [-0.15, -0.1) is 0 Å². The number of hydrogen-bond acceptors (Lipinski definition) is 1. The number of aromatic nitrogens is 1. The van der Waals surface area contributed by atoms with Gasteiger partial charge < -0.3 is 17.0 Å². The Bertz CT molecular complexity index is 1020. The summed E-state index contributed by atoms with van der Waals surface area (Å²) in [5.41, 5.74) is -0.309. The molecule has 1 heterocycles. The molecule has 0 amide bonds. The van der Waals surface area contributed by atoms with Crippen molar-refractivity contribution in [2.75, 3.05) is 6.66 Å². The lowest BCUT2D eigenvalue weighted by Crippen LogP contribution is -3.00. The lowest BCUT2D eigenvalue weighted by Gasteiger charge is -2.22. The van der Waals surface area contributed by atoms with Gasteiger partial charge in [-0.1, -0.05) is 73.3 Å². The van der Waals surface area contributed by atoms with Crippen LogP contribution in [0, 0.1) is 0 Å². The lowest BCUT2D eigenvalue weighted by molar-refractivity contribution is -0.141. The van der Waals surface area contributed by atoms with Crippen LogP contribution in [0.25, 0.3) is 6.08 Å². The van der Waals surface area contributed by atoms with Gasteiger partial charge in [0, 0.05) is 6.20 Å². The number of halogens is 4. The predicted octanol–water partition coefficient (Wildman–Crippen LogP) is 3.36. The van der Waals surface area contributed by atoms with E-state index in [-0.39, 0.29) is 17.0 Å². The average Bonchev–Trinajstić information content (AvgIpc) is 2.85. The fraction of sp³-hybridized carbons (Fsp3) is 0.0741. The highest BCUT2D eigenvalue weighted by Gasteiger charge is 2.39. The molecule has 0 radical (unpaired) electrons. The van der Waals surface area contributed by atoms with Gasteiger partial charge in [0.15, 0.2) is 0 Å². The summed E-state index contributed by atoms with van der Waals surface area (Å²) in [7, 11) is -1.53. The Morgan fingerprint density at radius 3 is 1.36 bits per heavy atom. The molecule has 0 saturated carbocycles. The Hall–Kier alpha value is -2.75. The van der Waals surface area contributed by atoms with Gasteiger partial charge in [0.05, 0.1) is 6.66 Å². The number of pyridine rings is 1. The minimum atomic E-state index is -4.36. The first-order chi connectivity index (χ1) is 15.4. The van der Waals surface area contributed by atoms with Crippen LogP contribution in [-0.4, -0.2) is 11.6 Å². The molecule has 3 aromatic carbocycles. The maximum atomic E-state index is 11.9. The van der Waals surface area contributed by atoms with Crippen molar-refractivity contribution in [3.8, 4) is 0 Å². The Labute approximate surface area is 204 Å². The van der Waals surface area contributed by atoms with Gasteiger partial charge in [0.2, 0.25) is 0 Å². The van der Waals surface area contributed by atoms with E-state index in [9.17, 15) is 13.2 Å². The molecule has 0 atom stereocenters. The SMILES string of the molecule is C=Cc1ccc(C(F)(F)F)nc1.C[P+](c1ccccc1)(c1ccccc1)c1ccccc1.[Br-]. The summed E-state index contributed by atoms with van der Waals surface area (Å²) < 4.78 is 35.8. The molecule has 1 nitrogen and oxygen atoms in total. The molecule has 0 aliphatic rings. The zero-order chi connectivity index (χ0) is 23.0. The number of nitrogens with zero attached hydrogens (tertiary/aromatic N) is 1. The van der Waals surface area contributed by atoms with Crippen molar-refractivity contribution in [1.29, 1.82) is 0 Å². The predicted molar refractivity (Wildman–Crippen MR) is 130 cm³/mol. The summed E-state index contributed by atoms with van der Waals surface area (Å²) in [4.78, 5) is 3.22. The third-order valence-electron chi connectivity index (χ3n) is 5.13. The van der Waals surface area contributed by atoms with E-state index in [0.29, 0.717) is 5.56 Å². The van der Waals surface area contributed by atoms with Crippen LogP contribution in [0.3, 0.4) is 0 Å². The van der Waals surface area contributed by atoms with E-state index in [0.717, 1.165) is 12.3 Å². The van der Waals surface area contributed by atoms with Crippen molar-refractivity contribution < 1.29 is 30.2 Å². The lowest BCUT2D eigenvalue weighted by atomic mass is 10.2. The summed E-state index contributed by atoms with van der Waals surface area (Å²) in [5, 5.41) is 4.28. The molecule has 4 rings (SSSR count). The topological polar surface area (TPSA) is 12.9 Å². The number of hydrogen-bond donors (Lipinski definition) is 0. The van der Waals surface area contributed by atoms with Gasteiger partial charge in [-0.05, 0) is 48.0 Å². The van der Waals surface area contributed by atoms with Gasteiger partial charge in [-0.25, -0.2) is 0 Å². The zero-order valence-electron chi connectivity index (χ0n) is 18.1. The van der Waals surface area contributed by atoms with Crippen LogP contribution in [0.5, 0.6) is 0 Å². The van der Waals surface area contributed by atoms with Crippen LogP contribution in [0.4, 0.5) is 13.2 Å². The molecule has 0 fully saturated rings. The highest BCUT2D eigenvalue weighted by molar-refractivity contribution is 7.95. The molecular weight excluding hydrogens is 506 g/mol. The molecular formula is C27H24BrF3NP. The van der Waals surface area contributed by atoms with Crippen molar-refractivity contribution in [2.24, 2.45) is 0 Å². The molecule has 1 aromatic heterocycles. The average molecular weight is 530 g/mol. The van der Waals surface area contributed by atoms with Crippen LogP contribution in [0.15, 0.2) is 116 Å². The Kier molecular flexibility index (Phi) is 9.57. The highest BCUT2D eigenvalue weighted by Crippen LogP contribution is 2.51. The van der Waals surface area contributed by atoms with E-state index in [1.54, 1.807) is 0 Å². The molecule has 0 spiro atoms. The molecule has 0 saturated heterocycles. The van der Waals surface area contributed by atoms with E-state index in [1.807, 2.05) is 0 Å². The molecule has 0 N–H and O–H groups in total. The second-order valence-electron chi connectivity index (χ2n) is 7.19. The maximum absolute atomic E-state index is 11.9. The van der Waals surface area contributed by atoms with Gasteiger partial charge in [0.1, 0.15) is 28.9 Å². The van der Waals surface area contributed by atoms with Crippen LogP contribution >= 0.6 is 7.26 Å². The second-order valence-corrected chi connectivity index (χ2v) is 10.8. The van der Waals surface area contributed by atoms with Gasteiger partial charge in [0.25, 0.3) is 0 Å². The minimum Gasteiger partial charge on any atom is -1.00 e. The normalized spacial score (nSPS) is 10.9. The quantitative estimate of drug-likeness (QED) is 0.369. The molecule has 0 aliphatic heterocycles. The second kappa shape index (κ2) is 11.9. The van der Waals surface area contributed by atoms with Crippen molar-refractivity contribution in [1.82, 2.24) is 4.98 Å². The Morgan fingerprint density at radius 2 is 1.09 bits per heavy atom. The highest BCUT2D eigenvalue weighted by atomic mass is 79.9.